The smallest absolute Gasteiger partial charge is 0.305 e. The summed E-state index contributed by atoms with van der Waals surface area (Å²) in [5.41, 5.74) is 4.32. The molecule has 0 bridgehead atoms. The largest absolute Gasteiger partial charge is 0.493 e. The molecule has 5 rings (SSSR count). The first-order valence-electron chi connectivity index (χ1n) is 10.7. The highest BCUT2D eigenvalue weighted by Gasteiger charge is 2.35. The van der Waals surface area contributed by atoms with Gasteiger partial charge < -0.3 is 15.2 Å². The Kier molecular flexibility index (Phi) is 5.02. The van der Waals surface area contributed by atoms with Gasteiger partial charge in [0.05, 0.1) is 42.2 Å². The predicted octanol–water partition coefficient (Wildman–Crippen LogP) is 3.84. The van der Waals surface area contributed by atoms with E-state index in [0.29, 0.717) is 12.5 Å². The van der Waals surface area contributed by atoms with E-state index in [1.54, 1.807) is 6.20 Å². The molecule has 1 atom stereocenters. The Balaban J connectivity index is 1.25. The van der Waals surface area contributed by atoms with Gasteiger partial charge in [0.1, 0.15) is 5.75 Å². The lowest BCUT2D eigenvalue weighted by molar-refractivity contribution is -0.138. The molecule has 2 N–H and O–H groups in total. The molecule has 1 fully saturated rings. The van der Waals surface area contributed by atoms with Crippen molar-refractivity contribution in [3.63, 3.8) is 0 Å². The Morgan fingerprint density at radius 2 is 2.20 bits per heavy atom. The second-order valence-electron chi connectivity index (χ2n) is 8.24. The molecule has 3 aromatic rings. The molecule has 2 aliphatic rings. The molecule has 7 nitrogen and oxygen atoms in total. The van der Waals surface area contributed by atoms with Gasteiger partial charge in [-0.15, -0.1) is 0 Å². The van der Waals surface area contributed by atoms with Crippen LogP contribution in [0.15, 0.2) is 36.5 Å². The number of fused-ring (bicyclic) bond motifs is 2. The number of aryl methyl sites for hydroxylation is 1. The number of carboxylic acid groups (broad SMARTS) is 1. The van der Waals surface area contributed by atoms with Gasteiger partial charge in [-0.3, -0.25) is 14.5 Å². The van der Waals surface area contributed by atoms with Gasteiger partial charge in [-0.1, -0.05) is 0 Å². The van der Waals surface area contributed by atoms with Crippen molar-refractivity contribution < 1.29 is 14.6 Å². The van der Waals surface area contributed by atoms with Crippen molar-refractivity contribution in [2.24, 2.45) is 5.92 Å². The number of nitrogens with zero attached hydrogens (tertiary/aromatic N) is 3. The number of rotatable bonds is 8. The van der Waals surface area contributed by atoms with E-state index in [9.17, 15) is 9.90 Å². The van der Waals surface area contributed by atoms with Crippen LogP contribution in [-0.2, 0) is 17.6 Å². The van der Waals surface area contributed by atoms with Crippen LogP contribution in [0.1, 0.15) is 43.1 Å². The number of aromatic nitrogens is 3. The number of ether oxygens (including phenoxy) is 1. The zero-order valence-electron chi connectivity index (χ0n) is 16.9. The molecule has 2 aromatic heterocycles. The number of carboxylic acids is 1. The summed E-state index contributed by atoms with van der Waals surface area (Å²) < 4.78 is 7.85. The summed E-state index contributed by atoms with van der Waals surface area (Å²) in [6.45, 7) is 1.58. The first kappa shape index (κ1) is 18.9. The van der Waals surface area contributed by atoms with E-state index in [1.807, 2.05) is 22.9 Å². The first-order valence-corrected chi connectivity index (χ1v) is 10.7. The highest BCUT2D eigenvalue weighted by molar-refractivity contribution is 5.80. The number of benzene rings is 1. The second kappa shape index (κ2) is 7.97. The van der Waals surface area contributed by atoms with E-state index in [1.165, 1.54) is 0 Å². The monoisotopic (exact) mass is 406 g/mol. The van der Waals surface area contributed by atoms with Crippen LogP contribution in [0.5, 0.6) is 5.75 Å². The third-order valence-corrected chi connectivity index (χ3v) is 6.00. The molecule has 156 valence electrons. The van der Waals surface area contributed by atoms with Gasteiger partial charge in [0.2, 0.25) is 0 Å². The van der Waals surface area contributed by atoms with Crippen LogP contribution in [0.3, 0.4) is 0 Å². The van der Waals surface area contributed by atoms with E-state index in [4.69, 9.17) is 9.72 Å². The Morgan fingerprint density at radius 3 is 3.03 bits per heavy atom. The van der Waals surface area contributed by atoms with Gasteiger partial charge in [0, 0.05) is 24.0 Å². The zero-order chi connectivity index (χ0) is 20.5. The fourth-order valence-corrected chi connectivity index (χ4v) is 4.29. The summed E-state index contributed by atoms with van der Waals surface area (Å²) in [5, 5.41) is 18.1. The first-order chi connectivity index (χ1) is 14.7. The van der Waals surface area contributed by atoms with Gasteiger partial charge >= 0.3 is 5.97 Å². The lowest BCUT2D eigenvalue weighted by Crippen LogP contribution is -2.16. The van der Waals surface area contributed by atoms with Crippen molar-refractivity contribution in [3.8, 4) is 5.75 Å². The lowest BCUT2D eigenvalue weighted by Gasteiger charge is -2.17. The predicted molar refractivity (Wildman–Crippen MR) is 114 cm³/mol. The van der Waals surface area contributed by atoms with E-state index in [2.05, 4.69) is 22.5 Å². The number of nitrogens with one attached hydrogen (secondary N) is 1. The summed E-state index contributed by atoms with van der Waals surface area (Å²) in [4.78, 5) is 16.0. The van der Waals surface area contributed by atoms with Crippen LogP contribution in [0.4, 0.5) is 5.69 Å². The number of hydrogen-bond acceptors (Lipinski definition) is 5. The van der Waals surface area contributed by atoms with Crippen LogP contribution < -0.4 is 10.1 Å². The normalized spacial score (nSPS) is 16.7. The quantitative estimate of drug-likeness (QED) is 0.591. The van der Waals surface area contributed by atoms with E-state index < -0.39 is 5.97 Å². The Morgan fingerprint density at radius 1 is 1.30 bits per heavy atom. The molecule has 7 heteroatoms. The third kappa shape index (κ3) is 3.97. The number of hydrogen-bond donors (Lipinski definition) is 2. The highest BCUT2D eigenvalue weighted by atomic mass is 16.5. The molecule has 1 aliphatic heterocycles. The summed E-state index contributed by atoms with van der Waals surface area (Å²) >= 11 is 0. The molecular weight excluding hydrogens is 380 g/mol. The standard InChI is InChI=1S/C23H26N4O3/c28-23(29)13-22(15-3-4-15)27-21-8-6-18(12-16(21)14-25-27)30-11-9-17-5-7-19-20(26-17)2-1-10-24-19/h5-8,12,14-15,22,24H,1-4,9-11,13H2,(H,28,29). The highest BCUT2D eigenvalue weighted by Crippen LogP contribution is 2.42. The van der Waals surface area contributed by atoms with E-state index in [0.717, 1.165) is 72.4 Å². The summed E-state index contributed by atoms with van der Waals surface area (Å²) in [5.74, 6) is 0.435. The van der Waals surface area contributed by atoms with Crippen LogP contribution in [0, 0.1) is 5.92 Å². The molecule has 1 unspecified atom stereocenters. The number of pyridine rings is 1. The van der Waals surface area contributed by atoms with Gasteiger partial charge in [-0.05, 0) is 61.9 Å². The van der Waals surface area contributed by atoms with Crippen LogP contribution in [0.2, 0.25) is 0 Å². The molecule has 3 heterocycles. The molecule has 30 heavy (non-hydrogen) atoms. The van der Waals surface area contributed by atoms with Crippen LogP contribution in [-0.4, -0.2) is 39.0 Å². The number of aliphatic carboxylic acids is 1. The van der Waals surface area contributed by atoms with Crippen molar-refractivity contribution in [3.05, 3.63) is 47.9 Å². The average Bonchev–Trinajstić information content (AvgIpc) is 3.51. The fourth-order valence-electron chi connectivity index (χ4n) is 4.29. The molecule has 1 saturated carbocycles. The molecule has 0 amide bonds. The molecular formula is C23H26N4O3. The van der Waals surface area contributed by atoms with Crippen LogP contribution >= 0.6 is 0 Å². The SMILES string of the molecule is O=C(O)CC(C1CC1)n1ncc2cc(OCCc3ccc4c(n3)CCCN4)ccc21. The maximum atomic E-state index is 11.3. The Bertz CT molecular complexity index is 1070. The maximum Gasteiger partial charge on any atom is 0.305 e. The minimum atomic E-state index is -0.776. The fraction of sp³-hybridized carbons (Fsp3) is 0.435. The van der Waals surface area contributed by atoms with Gasteiger partial charge in [-0.2, -0.15) is 5.10 Å². The number of anilines is 1. The van der Waals surface area contributed by atoms with E-state index in [-0.39, 0.29) is 12.5 Å². The van der Waals surface area contributed by atoms with Crippen molar-refractivity contribution >= 4 is 22.6 Å². The van der Waals surface area contributed by atoms with Crippen LogP contribution in [0.25, 0.3) is 10.9 Å². The van der Waals surface area contributed by atoms with Gasteiger partial charge in [-0.25, -0.2) is 0 Å². The van der Waals surface area contributed by atoms with Crippen molar-refractivity contribution in [1.29, 1.82) is 0 Å². The molecule has 1 aliphatic carbocycles. The van der Waals surface area contributed by atoms with Gasteiger partial charge in [0.15, 0.2) is 0 Å². The molecule has 1 aromatic carbocycles. The van der Waals surface area contributed by atoms with Crippen molar-refractivity contribution in [1.82, 2.24) is 14.8 Å². The van der Waals surface area contributed by atoms with Gasteiger partial charge in [0.25, 0.3) is 0 Å². The van der Waals surface area contributed by atoms with Crippen molar-refractivity contribution in [2.75, 3.05) is 18.5 Å². The Hall–Kier alpha value is -3.09. The number of carbonyl (C=O) groups is 1. The molecule has 0 spiro atoms. The minimum Gasteiger partial charge on any atom is -0.493 e. The topological polar surface area (TPSA) is 89.3 Å². The maximum absolute atomic E-state index is 11.3. The minimum absolute atomic E-state index is 0.0728. The molecule has 0 radical (unpaired) electrons. The van der Waals surface area contributed by atoms with Crippen molar-refractivity contribution in [2.45, 2.75) is 44.6 Å². The summed E-state index contributed by atoms with van der Waals surface area (Å²) in [6, 6.07) is 10.0. The summed E-state index contributed by atoms with van der Waals surface area (Å²) in [7, 11) is 0. The molecule has 0 saturated heterocycles. The lowest BCUT2D eigenvalue weighted by atomic mass is 10.1. The van der Waals surface area contributed by atoms with E-state index >= 15 is 0 Å². The summed E-state index contributed by atoms with van der Waals surface area (Å²) in [6.07, 6.45) is 6.98. The average molecular weight is 406 g/mol. The zero-order valence-corrected chi connectivity index (χ0v) is 16.9. The Labute approximate surface area is 175 Å². The second-order valence-corrected chi connectivity index (χ2v) is 8.24. The third-order valence-electron chi connectivity index (χ3n) is 6.00.